The molecule has 0 spiro atoms. The molecule has 0 bridgehead atoms. The molecule has 0 heteroatoms. The van der Waals surface area contributed by atoms with Gasteiger partial charge in [-0.25, -0.2) is 0 Å². The maximum atomic E-state index is 2.26. The molecule has 0 unspecified atom stereocenters. The molecule has 0 saturated heterocycles. The highest BCUT2D eigenvalue weighted by molar-refractivity contribution is 5.54. The monoisotopic (exact) mass is 298 g/mol. The molecule has 0 saturated carbocycles. The van der Waals surface area contributed by atoms with Crippen molar-refractivity contribution in [2.45, 2.75) is 82.1 Å². The van der Waals surface area contributed by atoms with Crippen molar-refractivity contribution in [3.63, 3.8) is 0 Å². The van der Waals surface area contributed by atoms with E-state index < -0.39 is 0 Å². The van der Waals surface area contributed by atoms with E-state index in [4.69, 9.17) is 0 Å². The lowest BCUT2D eigenvalue weighted by atomic mass is 9.78. The van der Waals surface area contributed by atoms with Gasteiger partial charge in [-0.2, -0.15) is 0 Å². The van der Waals surface area contributed by atoms with E-state index in [0.717, 1.165) is 0 Å². The maximum Gasteiger partial charge on any atom is -0.0232 e. The quantitative estimate of drug-likeness (QED) is 0.505. The molecule has 0 N–H and O–H groups in total. The number of rotatable bonds is 1. The molecule has 0 heterocycles. The number of hydrogen-bond acceptors (Lipinski definition) is 0. The number of fused-ring (bicyclic) bond motifs is 1. The van der Waals surface area contributed by atoms with Crippen molar-refractivity contribution in [3.05, 3.63) is 55.7 Å². The topological polar surface area (TPSA) is 0 Å². The highest BCUT2D eigenvalue weighted by atomic mass is 14.3. The van der Waals surface area contributed by atoms with Gasteiger partial charge >= 0.3 is 0 Å². The minimum Gasteiger partial charge on any atom is -0.0732 e. The number of hydrogen-bond donors (Lipinski definition) is 0. The molecule has 0 aliphatic heterocycles. The normalized spacial score (nSPS) is 11.7. The molecule has 1 aliphatic rings. The average molecular weight is 299 g/mol. The van der Waals surface area contributed by atoms with Gasteiger partial charge in [0.25, 0.3) is 0 Å². The Morgan fingerprint density at radius 3 is 0.955 bits per heavy atom. The Hall–Kier alpha value is -1.30. The van der Waals surface area contributed by atoms with Crippen molar-refractivity contribution in [1.29, 1.82) is 0 Å². The van der Waals surface area contributed by atoms with Crippen molar-refractivity contribution < 1.29 is 0 Å². The third-order valence-electron chi connectivity index (χ3n) is 5.64. The summed E-state index contributed by atoms with van der Waals surface area (Å²) >= 11 is 0. The summed E-state index contributed by atoms with van der Waals surface area (Å²) in [6.07, 6.45) is 2.62. The van der Waals surface area contributed by atoms with E-state index in [0.29, 0.717) is 0 Å². The summed E-state index contributed by atoms with van der Waals surface area (Å²) in [5.74, 6) is 0. The van der Waals surface area contributed by atoms with Crippen LogP contribution in [0, 0.1) is 27.7 Å². The highest BCUT2D eigenvalue weighted by Gasteiger charge is 2.20. The van der Waals surface area contributed by atoms with Crippen LogP contribution >= 0.6 is 0 Å². The van der Waals surface area contributed by atoms with Crippen molar-refractivity contribution in [2.24, 2.45) is 0 Å². The van der Waals surface area contributed by atoms with E-state index in [2.05, 4.69) is 69.2 Å². The zero-order chi connectivity index (χ0) is 17.2. The van der Waals surface area contributed by atoms with Crippen LogP contribution in [0.1, 0.15) is 74.9 Å². The van der Waals surface area contributed by atoms with Crippen molar-refractivity contribution in [1.82, 2.24) is 0 Å². The summed E-state index contributed by atoms with van der Waals surface area (Å²) in [6.45, 7) is 22.0. The molecular formula is C22H34. The van der Waals surface area contributed by atoms with E-state index in [1.165, 1.54) is 46.3 Å². The van der Waals surface area contributed by atoms with Gasteiger partial charge < -0.3 is 0 Å². The van der Waals surface area contributed by atoms with Gasteiger partial charge in [0.05, 0.1) is 0 Å². The second kappa shape index (κ2) is 7.31. The summed E-state index contributed by atoms with van der Waals surface area (Å²) in [7, 11) is 0. The largest absolute Gasteiger partial charge is 0.0732 e. The molecule has 22 heavy (non-hydrogen) atoms. The predicted octanol–water partition coefficient (Wildman–Crippen LogP) is 6.72. The fourth-order valence-corrected chi connectivity index (χ4v) is 2.97. The van der Waals surface area contributed by atoms with Crippen LogP contribution in [0.25, 0.3) is 0 Å². The van der Waals surface area contributed by atoms with Crippen LogP contribution in [0.15, 0.2) is 22.3 Å². The van der Waals surface area contributed by atoms with Gasteiger partial charge in [0.2, 0.25) is 0 Å². The third-order valence-corrected chi connectivity index (χ3v) is 5.64. The first-order valence-corrected chi connectivity index (χ1v) is 8.46. The zero-order valence-electron chi connectivity index (χ0n) is 16.4. The molecule has 1 aromatic carbocycles. The SMILES string of the molecule is CC(C)=C(C)C(C)=C(C)C.Cc1c(C)c(C)c2c(c1C)CC2. The van der Waals surface area contributed by atoms with Gasteiger partial charge in [-0.1, -0.05) is 11.1 Å². The van der Waals surface area contributed by atoms with Gasteiger partial charge in [-0.3, -0.25) is 0 Å². The second-order valence-electron chi connectivity index (χ2n) is 7.21. The Morgan fingerprint density at radius 2 is 0.773 bits per heavy atom. The third kappa shape index (κ3) is 3.72. The summed E-state index contributed by atoms with van der Waals surface area (Å²) in [5.41, 5.74) is 15.1. The van der Waals surface area contributed by atoms with Gasteiger partial charge in [0, 0.05) is 0 Å². The van der Waals surface area contributed by atoms with Crippen molar-refractivity contribution in [3.8, 4) is 0 Å². The minimum atomic E-state index is 1.31. The lowest BCUT2D eigenvalue weighted by Gasteiger charge is -2.27. The van der Waals surface area contributed by atoms with Crippen LogP contribution in [-0.2, 0) is 12.8 Å². The maximum absolute atomic E-state index is 2.26. The van der Waals surface area contributed by atoms with Crippen LogP contribution in [0.5, 0.6) is 0 Å². The minimum absolute atomic E-state index is 1.31. The Kier molecular flexibility index (Phi) is 6.23. The predicted molar refractivity (Wildman–Crippen MR) is 101 cm³/mol. The summed E-state index contributed by atoms with van der Waals surface area (Å²) in [6, 6.07) is 0. The fraction of sp³-hybridized carbons (Fsp3) is 0.545. The first kappa shape index (κ1) is 18.7. The first-order chi connectivity index (χ1) is 10.1. The highest BCUT2D eigenvalue weighted by Crippen LogP contribution is 2.33. The van der Waals surface area contributed by atoms with Crippen LogP contribution in [-0.4, -0.2) is 0 Å². The lowest BCUT2D eigenvalue weighted by molar-refractivity contribution is 0.807. The fourth-order valence-electron chi connectivity index (χ4n) is 2.97. The first-order valence-electron chi connectivity index (χ1n) is 8.46. The molecule has 0 atom stereocenters. The van der Waals surface area contributed by atoms with Gasteiger partial charge in [-0.05, 0) is 127 Å². The molecule has 1 aliphatic carbocycles. The second-order valence-corrected chi connectivity index (χ2v) is 7.21. The molecule has 0 amide bonds. The summed E-state index contributed by atoms with van der Waals surface area (Å²) in [4.78, 5) is 0. The standard InChI is InChI=1S/C12H16.C10H18/c1-7-8(2)10(4)12-6-5-11(12)9(7)3;1-7(2)9(5)10(6)8(3)4/h5-6H2,1-4H3;1-6H3. The number of allylic oxidation sites excluding steroid dienone is 4. The van der Waals surface area contributed by atoms with Crippen molar-refractivity contribution in [2.75, 3.05) is 0 Å². The van der Waals surface area contributed by atoms with Crippen LogP contribution in [0.3, 0.4) is 0 Å². The molecule has 2 rings (SSSR count). The Labute approximate surface area is 138 Å². The Balaban J connectivity index is 0.000000225. The summed E-state index contributed by atoms with van der Waals surface area (Å²) in [5, 5.41) is 0. The van der Waals surface area contributed by atoms with E-state index in [-0.39, 0.29) is 0 Å². The molecular weight excluding hydrogens is 264 g/mol. The molecule has 0 fully saturated rings. The van der Waals surface area contributed by atoms with Gasteiger partial charge in [0.15, 0.2) is 0 Å². The van der Waals surface area contributed by atoms with E-state index in [1.807, 2.05) is 0 Å². The molecule has 0 aromatic heterocycles. The smallest absolute Gasteiger partial charge is 0.0232 e. The molecule has 0 radical (unpaired) electrons. The molecule has 1 aromatic rings. The van der Waals surface area contributed by atoms with Gasteiger partial charge in [0.1, 0.15) is 0 Å². The van der Waals surface area contributed by atoms with Crippen LogP contribution in [0.4, 0.5) is 0 Å². The van der Waals surface area contributed by atoms with Crippen LogP contribution in [0.2, 0.25) is 0 Å². The Morgan fingerprint density at radius 1 is 0.500 bits per heavy atom. The number of benzene rings is 1. The summed E-state index contributed by atoms with van der Waals surface area (Å²) < 4.78 is 0. The zero-order valence-corrected chi connectivity index (χ0v) is 16.4. The molecule has 122 valence electrons. The Bertz CT molecular complexity index is 516. The van der Waals surface area contributed by atoms with E-state index >= 15 is 0 Å². The molecule has 0 nitrogen and oxygen atoms in total. The van der Waals surface area contributed by atoms with Crippen molar-refractivity contribution >= 4 is 0 Å². The van der Waals surface area contributed by atoms with Gasteiger partial charge in [-0.15, -0.1) is 0 Å². The van der Waals surface area contributed by atoms with E-state index in [1.54, 1.807) is 22.3 Å². The lowest BCUT2D eigenvalue weighted by Crippen LogP contribution is -2.15. The average Bonchev–Trinajstić information content (AvgIpc) is 2.41. The van der Waals surface area contributed by atoms with E-state index in [9.17, 15) is 0 Å². The van der Waals surface area contributed by atoms with Crippen LogP contribution < -0.4 is 0 Å².